The van der Waals surface area contributed by atoms with Crippen LogP contribution in [0.25, 0.3) is 0 Å². The molecule has 0 saturated carbocycles. The Morgan fingerprint density at radius 2 is 2.44 bits per heavy atom. The molecule has 0 aliphatic rings. The summed E-state index contributed by atoms with van der Waals surface area (Å²) < 4.78 is 0. The number of allylic oxidation sites excluding steroid dienone is 1. The minimum atomic E-state index is -0.433. The van der Waals surface area contributed by atoms with Crippen LogP contribution in [0.15, 0.2) is 11.1 Å². The average Bonchev–Trinajstić information content (AvgIpc) is 1.63. The molecule has 0 bridgehead atoms. The molecule has 0 aromatic heterocycles. The second-order valence-corrected chi connectivity index (χ2v) is 2.97. The van der Waals surface area contributed by atoms with Gasteiger partial charge in [0.15, 0.2) is 0 Å². The van der Waals surface area contributed by atoms with Gasteiger partial charge in [-0.25, -0.2) is 0 Å². The van der Waals surface area contributed by atoms with Gasteiger partial charge in [0.1, 0.15) is 0 Å². The molecular formula is C5H9NO2S. The molecule has 0 aromatic carbocycles. The first-order valence-electron chi connectivity index (χ1n) is 2.61. The Morgan fingerprint density at radius 3 is 2.78 bits per heavy atom. The molecule has 0 rings (SSSR count). The fraction of sp³-hybridized carbons (Fsp3) is 0.600. The first kappa shape index (κ1) is 8.49. The first-order valence-corrected chi connectivity index (χ1v) is 3.60. The van der Waals surface area contributed by atoms with Gasteiger partial charge in [-0.15, -0.1) is 11.8 Å². The van der Waals surface area contributed by atoms with Crippen LogP contribution >= 0.6 is 11.8 Å². The first-order chi connectivity index (χ1) is 4.16. The highest BCUT2D eigenvalue weighted by Gasteiger charge is 1.92. The summed E-state index contributed by atoms with van der Waals surface area (Å²) in [5.74, 6) is 0.885. The van der Waals surface area contributed by atoms with Crippen LogP contribution in [0.2, 0.25) is 0 Å². The number of hydrogen-bond acceptors (Lipinski definition) is 3. The van der Waals surface area contributed by atoms with E-state index in [1.54, 1.807) is 6.92 Å². The Hall–Kier alpha value is -0.510. The lowest BCUT2D eigenvalue weighted by Gasteiger charge is -1.89. The van der Waals surface area contributed by atoms with Gasteiger partial charge in [-0.2, -0.15) is 0 Å². The quantitative estimate of drug-likeness (QED) is 0.452. The molecule has 0 heterocycles. The normalized spacial score (nSPS) is 11.6. The van der Waals surface area contributed by atoms with Gasteiger partial charge in [0.05, 0.1) is 9.83 Å². The van der Waals surface area contributed by atoms with Crippen LogP contribution in [0.1, 0.15) is 13.8 Å². The van der Waals surface area contributed by atoms with Crippen molar-refractivity contribution in [2.75, 3.05) is 5.75 Å². The van der Waals surface area contributed by atoms with Crippen LogP contribution in [0, 0.1) is 10.1 Å². The van der Waals surface area contributed by atoms with E-state index in [-0.39, 0.29) is 0 Å². The van der Waals surface area contributed by atoms with Crippen molar-refractivity contribution in [2.24, 2.45) is 0 Å². The average molecular weight is 147 g/mol. The fourth-order valence-electron chi connectivity index (χ4n) is 0.413. The maximum absolute atomic E-state index is 9.80. The molecule has 0 atom stereocenters. The molecule has 0 aliphatic heterocycles. The van der Waals surface area contributed by atoms with Gasteiger partial charge in [0.25, 0.3) is 0 Å². The molecule has 0 spiro atoms. The minimum absolute atomic E-state index is 0.433. The van der Waals surface area contributed by atoms with Gasteiger partial charge in [0.2, 0.25) is 6.20 Å². The van der Waals surface area contributed by atoms with Crippen LogP contribution in [0.4, 0.5) is 0 Å². The number of thioether (sulfide) groups is 1. The second kappa shape index (κ2) is 4.38. The molecule has 0 amide bonds. The predicted octanol–water partition coefficient (Wildman–Crippen LogP) is 1.88. The monoisotopic (exact) mass is 147 g/mol. The van der Waals surface area contributed by atoms with Crippen molar-refractivity contribution in [3.05, 3.63) is 21.2 Å². The Kier molecular flexibility index (Phi) is 4.13. The topological polar surface area (TPSA) is 43.1 Å². The zero-order valence-corrected chi connectivity index (χ0v) is 6.27. The molecule has 52 valence electrons. The maximum Gasteiger partial charge on any atom is 0.243 e. The van der Waals surface area contributed by atoms with E-state index in [9.17, 15) is 10.1 Å². The predicted molar refractivity (Wildman–Crippen MR) is 38.9 cm³/mol. The minimum Gasteiger partial charge on any atom is -0.259 e. The molecule has 0 aliphatic carbocycles. The molecule has 9 heavy (non-hydrogen) atoms. The highest BCUT2D eigenvalue weighted by Crippen LogP contribution is 2.12. The van der Waals surface area contributed by atoms with E-state index in [4.69, 9.17) is 0 Å². The molecule has 0 saturated heterocycles. The van der Waals surface area contributed by atoms with E-state index >= 15 is 0 Å². The van der Waals surface area contributed by atoms with Crippen LogP contribution in [0.5, 0.6) is 0 Å². The smallest absolute Gasteiger partial charge is 0.243 e. The number of hydrogen-bond donors (Lipinski definition) is 0. The Labute approximate surface area is 58.3 Å². The molecule has 0 fully saturated rings. The Balaban J connectivity index is 3.69. The van der Waals surface area contributed by atoms with Gasteiger partial charge >= 0.3 is 0 Å². The molecule has 0 radical (unpaired) electrons. The molecule has 4 heteroatoms. The second-order valence-electron chi connectivity index (χ2n) is 1.46. The van der Waals surface area contributed by atoms with Crippen molar-refractivity contribution in [1.29, 1.82) is 0 Å². The standard InChI is InChI=1S/C5H9NO2S/c1-3-9-5(2)4-6(7)8/h4H,3H2,1-2H3/b5-4-. The van der Waals surface area contributed by atoms with Gasteiger partial charge in [-0.3, -0.25) is 10.1 Å². The zero-order valence-electron chi connectivity index (χ0n) is 5.46. The largest absolute Gasteiger partial charge is 0.259 e. The van der Waals surface area contributed by atoms with E-state index in [0.29, 0.717) is 0 Å². The lowest BCUT2D eigenvalue weighted by molar-refractivity contribution is -0.402. The maximum atomic E-state index is 9.80. The third kappa shape index (κ3) is 5.36. The molecule has 0 aromatic rings. The summed E-state index contributed by atoms with van der Waals surface area (Å²) in [7, 11) is 0. The summed E-state index contributed by atoms with van der Waals surface area (Å²) in [6, 6.07) is 0. The third-order valence-corrected chi connectivity index (χ3v) is 1.51. The van der Waals surface area contributed by atoms with Gasteiger partial charge in [0, 0.05) is 0 Å². The van der Waals surface area contributed by atoms with E-state index in [1.807, 2.05) is 6.92 Å². The molecule has 0 unspecified atom stereocenters. The summed E-state index contributed by atoms with van der Waals surface area (Å²) in [5, 5.41) is 9.80. The van der Waals surface area contributed by atoms with E-state index in [1.165, 1.54) is 11.8 Å². The highest BCUT2D eigenvalue weighted by atomic mass is 32.2. The van der Waals surface area contributed by atoms with Crippen molar-refractivity contribution < 1.29 is 4.92 Å². The zero-order chi connectivity index (χ0) is 7.28. The molecular weight excluding hydrogens is 138 g/mol. The fourth-order valence-corrected chi connectivity index (χ4v) is 1.03. The SMILES string of the molecule is CCS/C(C)=C\[N+](=O)[O-]. The van der Waals surface area contributed by atoms with Crippen LogP contribution < -0.4 is 0 Å². The lowest BCUT2D eigenvalue weighted by atomic mass is 10.7. The van der Waals surface area contributed by atoms with Crippen LogP contribution in [-0.4, -0.2) is 10.7 Å². The Bertz CT molecular complexity index is 133. The van der Waals surface area contributed by atoms with E-state index in [0.717, 1.165) is 16.9 Å². The van der Waals surface area contributed by atoms with Crippen molar-refractivity contribution in [1.82, 2.24) is 0 Å². The summed E-state index contributed by atoms with van der Waals surface area (Å²) in [4.78, 5) is 10.1. The van der Waals surface area contributed by atoms with Crippen LogP contribution in [0.3, 0.4) is 0 Å². The highest BCUT2D eigenvalue weighted by molar-refractivity contribution is 8.02. The van der Waals surface area contributed by atoms with Crippen molar-refractivity contribution in [3.63, 3.8) is 0 Å². The van der Waals surface area contributed by atoms with E-state index in [2.05, 4.69) is 0 Å². The van der Waals surface area contributed by atoms with Gasteiger partial charge < -0.3 is 0 Å². The molecule has 0 N–H and O–H groups in total. The van der Waals surface area contributed by atoms with Gasteiger partial charge in [-0.1, -0.05) is 6.92 Å². The van der Waals surface area contributed by atoms with Crippen molar-refractivity contribution in [2.45, 2.75) is 13.8 Å². The lowest BCUT2D eigenvalue weighted by Crippen LogP contribution is -1.84. The van der Waals surface area contributed by atoms with Gasteiger partial charge in [-0.05, 0) is 12.7 Å². The summed E-state index contributed by atoms with van der Waals surface area (Å²) >= 11 is 1.48. The number of nitro groups is 1. The Morgan fingerprint density at radius 1 is 1.89 bits per heavy atom. The third-order valence-electron chi connectivity index (χ3n) is 0.659. The van der Waals surface area contributed by atoms with Crippen molar-refractivity contribution >= 4 is 11.8 Å². The molecule has 3 nitrogen and oxygen atoms in total. The van der Waals surface area contributed by atoms with Crippen molar-refractivity contribution in [3.8, 4) is 0 Å². The van der Waals surface area contributed by atoms with Crippen LogP contribution in [-0.2, 0) is 0 Å². The van der Waals surface area contributed by atoms with E-state index < -0.39 is 4.92 Å². The summed E-state index contributed by atoms with van der Waals surface area (Å²) in [6.07, 6.45) is 1.02. The number of rotatable bonds is 3. The summed E-state index contributed by atoms with van der Waals surface area (Å²) in [6.45, 7) is 3.69. The number of nitrogens with zero attached hydrogens (tertiary/aromatic N) is 1. The summed E-state index contributed by atoms with van der Waals surface area (Å²) in [5.41, 5.74) is 0.